The summed E-state index contributed by atoms with van der Waals surface area (Å²) in [4.78, 5) is -0.541. The van der Waals surface area contributed by atoms with Crippen LogP contribution in [0.25, 0.3) is 0 Å². The van der Waals surface area contributed by atoms with Gasteiger partial charge < -0.3 is 9.84 Å². The first-order valence-electron chi connectivity index (χ1n) is 3.38. The van der Waals surface area contributed by atoms with Crippen LogP contribution in [-0.2, 0) is 9.05 Å². The lowest BCUT2D eigenvalue weighted by Gasteiger charge is -2.07. The fourth-order valence-corrected chi connectivity index (χ4v) is 2.68. The molecular weight excluding hydrogens is 251 g/mol. The van der Waals surface area contributed by atoms with Crippen LogP contribution >= 0.6 is 22.3 Å². The minimum atomic E-state index is -4.09. The van der Waals surface area contributed by atoms with Crippen LogP contribution in [-0.4, -0.2) is 20.6 Å². The van der Waals surface area contributed by atoms with Gasteiger partial charge in [0, 0.05) is 10.7 Å². The normalized spacial score (nSPS) is 11.4. The number of methoxy groups -OCH3 is 1. The van der Waals surface area contributed by atoms with Crippen molar-refractivity contribution in [1.82, 2.24) is 0 Å². The molecule has 1 rings (SSSR count). The number of phenols is 1. The average molecular weight is 257 g/mol. The number of phenolic OH excluding ortho intramolecular Hbond substituents is 1. The first-order chi connectivity index (χ1) is 6.38. The van der Waals surface area contributed by atoms with E-state index in [2.05, 4.69) is 0 Å². The van der Waals surface area contributed by atoms with Crippen molar-refractivity contribution in [2.45, 2.75) is 4.90 Å². The van der Waals surface area contributed by atoms with E-state index in [1.54, 1.807) is 0 Å². The second-order valence-corrected chi connectivity index (χ2v) is 5.25. The topological polar surface area (TPSA) is 63.6 Å². The summed E-state index contributed by atoms with van der Waals surface area (Å²) >= 11 is 5.65. The van der Waals surface area contributed by atoms with Gasteiger partial charge in [-0.15, -0.1) is 0 Å². The van der Waals surface area contributed by atoms with Gasteiger partial charge in [-0.2, -0.15) is 0 Å². The maximum Gasteiger partial charge on any atom is 0.266 e. The largest absolute Gasteiger partial charge is 0.506 e. The van der Waals surface area contributed by atoms with E-state index in [-0.39, 0.29) is 10.8 Å². The molecule has 14 heavy (non-hydrogen) atoms. The number of hydrogen-bond donors (Lipinski definition) is 1. The first-order valence-corrected chi connectivity index (χ1v) is 6.06. The molecule has 0 radical (unpaired) electrons. The van der Waals surface area contributed by atoms with E-state index in [1.165, 1.54) is 13.2 Å². The summed E-state index contributed by atoms with van der Waals surface area (Å²) in [5, 5.41) is 9.01. The third kappa shape index (κ3) is 2.05. The Morgan fingerprint density at radius 3 is 2.43 bits per heavy atom. The van der Waals surface area contributed by atoms with Crippen molar-refractivity contribution in [3.05, 3.63) is 17.2 Å². The van der Waals surface area contributed by atoms with E-state index >= 15 is 0 Å². The number of aromatic hydroxyl groups is 1. The van der Waals surface area contributed by atoms with Gasteiger partial charge >= 0.3 is 0 Å². The van der Waals surface area contributed by atoms with Gasteiger partial charge in [0.2, 0.25) is 0 Å². The zero-order valence-electron chi connectivity index (χ0n) is 6.99. The molecule has 1 aromatic carbocycles. The van der Waals surface area contributed by atoms with Crippen molar-refractivity contribution in [1.29, 1.82) is 0 Å². The average Bonchev–Trinajstić information content (AvgIpc) is 2.02. The highest BCUT2D eigenvalue weighted by atomic mass is 35.7. The monoisotopic (exact) mass is 256 g/mol. The lowest BCUT2D eigenvalue weighted by molar-refractivity contribution is 0.408. The van der Waals surface area contributed by atoms with E-state index in [0.29, 0.717) is 0 Å². The Bertz CT molecular complexity index is 455. The molecule has 0 amide bonds. The molecule has 0 aromatic heterocycles. The molecule has 78 valence electrons. The molecule has 0 bridgehead atoms. The summed E-state index contributed by atoms with van der Waals surface area (Å²) in [6, 6.07) is 2.48. The molecule has 0 atom stereocenters. The summed E-state index contributed by atoms with van der Waals surface area (Å²) < 4.78 is 26.8. The Morgan fingerprint density at radius 2 is 2.00 bits per heavy atom. The zero-order chi connectivity index (χ0) is 10.9. The Kier molecular flexibility index (Phi) is 3.14. The highest BCUT2D eigenvalue weighted by Gasteiger charge is 2.22. The van der Waals surface area contributed by atoms with E-state index < -0.39 is 19.7 Å². The summed E-state index contributed by atoms with van der Waals surface area (Å²) in [7, 11) is 2.31. The molecule has 4 nitrogen and oxygen atoms in total. The van der Waals surface area contributed by atoms with Gasteiger partial charge in [0.1, 0.15) is 21.4 Å². The third-order valence-corrected chi connectivity index (χ3v) is 3.36. The maximum atomic E-state index is 11.0. The lowest BCUT2D eigenvalue weighted by atomic mass is 10.3. The minimum Gasteiger partial charge on any atom is -0.506 e. The lowest BCUT2D eigenvalue weighted by Crippen LogP contribution is -1.95. The van der Waals surface area contributed by atoms with Gasteiger partial charge in [0.25, 0.3) is 9.05 Å². The molecule has 0 saturated heterocycles. The summed E-state index contributed by atoms with van der Waals surface area (Å²) in [5.41, 5.74) is 0. The van der Waals surface area contributed by atoms with E-state index in [1.807, 2.05) is 0 Å². The highest BCUT2D eigenvalue weighted by Crippen LogP contribution is 2.38. The quantitative estimate of drug-likeness (QED) is 0.823. The number of ether oxygens (including phenoxy) is 1. The van der Waals surface area contributed by atoms with Crippen molar-refractivity contribution < 1.29 is 18.3 Å². The van der Waals surface area contributed by atoms with Crippen LogP contribution in [0.4, 0.5) is 0 Å². The zero-order valence-corrected chi connectivity index (χ0v) is 9.32. The van der Waals surface area contributed by atoms with Crippen LogP contribution in [0.5, 0.6) is 11.5 Å². The molecule has 0 aliphatic carbocycles. The molecular formula is C7H6Cl2O4S. The van der Waals surface area contributed by atoms with Gasteiger partial charge in [-0.05, 0) is 12.1 Å². The van der Waals surface area contributed by atoms with E-state index in [9.17, 15) is 13.5 Å². The molecule has 0 unspecified atom stereocenters. The second kappa shape index (κ2) is 3.84. The molecule has 0 heterocycles. The van der Waals surface area contributed by atoms with Crippen molar-refractivity contribution >= 4 is 31.3 Å². The SMILES string of the molecule is COc1ccc(O)c(S(=O)(=O)Cl)c1Cl. The molecule has 0 spiro atoms. The van der Waals surface area contributed by atoms with E-state index in [4.69, 9.17) is 27.0 Å². The Hall–Kier alpha value is -0.650. The summed E-state index contributed by atoms with van der Waals surface area (Å²) in [5.74, 6) is -0.380. The fourth-order valence-electron chi connectivity index (χ4n) is 0.917. The Labute approximate surface area is 90.4 Å². The summed E-state index contributed by atoms with van der Waals surface area (Å²) in [6.45, 7) is 0. The molecule has 0 aliphatic heterocycles. The van der Waals surface area contributed by atoms with Crippen molar-refractivity contribution in [3.8, 4) is 11.5 Å². The van der Waals surface area contributed by atoms with Crippen LogP contribution in [0.15, 0.2) is 17.0 Å². The molecule has 0 aliphatic rings. The van der Waals surface area contributed by atoms with Gasteiger partial charge in [-0.25, -0.2) is 8.42 Å². The van der Waals surface area contributed by atoms with Gasteiger partial charge in [0.05, 0.1) is 7.11 Å². The van der Waals surface area contributed by atoms with Crippen LogP contribution < -0.4 is 4.74 Å². The molecule has 1 aromatic rings. The number of benzene rings is 1. The van der Waals surface area contributed by atoms with Crippen molar-refractivity contribution in [2.24, 2.45) is 0 Å². The van der Waals surface area contributed by atoms with Gasteiger partial charge in [0.15, 0.2) is 0 Å². The molecule has 0 fully saturated rings. The Balaban J connectivity index is 3.57. The van der Waals surface area contributed by atoms with Crippen molar-refractivity contribution in [2.75, 3.05) is 7.11 Å². The predicted molar refractivity (Wildman–Crippen MR) is 52.7 cm³/mol. The van der Waals surface area contributed by atoms with E-state index in [0.717, 1.165) is 6.07 Å². The molecule has 0 saturated carbocycles. The molecule has 1 N–H and O–H groups in total. The number of hydrogen-bond acceptors (Lipinski definition) is 4. The predicted octanol–water partition coefficient (Wildman–Crippen LogP) is 1.98. The van der Waals surface area contributed by atoms with Gasteiger partial charge in [-0.3, -0.25) is 0 Å². The maximum absolute atomic E-state index is 11.0. The Morgan fingerprint density at radius 1 is 1.43 bits per heavy atom. The summed E-state index contributed by atoms with van der Waals surface area (Å²) in [6.07, 6.45) is 0. The highest BCUT2D eigenvalue weighted by molar-refractivity contribution is 8.14. The number of rotatable bonds is 2. The standard InChI is InChI=1S/C7H6Cl2O4S/c1-13-5-3-2-4(10)7(6(5)8)14(9,11)12/h2-3,10H,1H3. The fraction of sp³-hybridized carbons (Fsp3) is 0.143. The second-order valence-electron chi connectivity index (χ2n) is 2.37. The molecule has 7 heteroatoms. The smallest absolute Gasteiger partial charge is 0.266 e. The van der Waals surface area contributed by atoms with Gasteiger partial charge in [-0.1, -0.05) is 11.6 Å². The third-order valence-electron chi connectivity index (χ3n) is 1.50. The van der Waals surface area contributed by atoms with Crippen LogP contribution in [0.2, 0.25) is 5.02 Å². The minimum absolute atomic E-state index is 0.128. The first kappa shape index (κ1) is 11.4. The van der Waals surface area contributed by atoms with Crippen LogP contribution in [0, 0.1) is 0 Å². The number of halogens is 2. The van der Waals surface area contributed by atoms with Crippen LogP contribution in [0.1, 0.15) is 0 Å². The van der Waals surface area contributed by atoms with Crippen molar-refractivity contribution in [3.63, 3.8) is 0 Å². The van der Waals surface area contributed by atoms with Crippen LogP contribution in [0.3, 0.4) is 0 Å².